The van der Waals surface area contributed by atoms with Gasteiger partial charge < -0.3 is 0 Å². The van der Waals surface area contributed by atoms with Gasteiger partial charge in [0.1, 0.15) is 0 Å². The molecule has 0 saturated heterocycles. The molecule has 0 aliphatic heterocycles. The molecule has 26 heavy (non-hydrogen) atoms. The summed E-state index contributed by atoms with van der Waals surface area (Å²) in [6.07, 6.45) is 5.82. The van der Waals surface area contributed by atoms with E-state index in [2.05, 4.69) is 34.5 Å². The Balaban J connectivity index is 1.59. The third kappa shape index (κ3) is 3.26. The summed E-state index contributed by atoms with van der Waals surface area (Å²) in [5.74, 6) is 0. The van der Waals surface area contributed by atoms with E-state index >= 15 is 0 Å². The van der Waals surface area contributed by atoms with Crippen LogP contribution in [0, 0.1) is 11.3 Å². The fourth-order valence-corrected chi connectivity index (χ4v) is 2.96. The Kier molecular flexibility index (Phi) is 4.08. The summed E-state index contributed by atoms with van der Waals surface area (Å²) >= 11 is 0. The van der Waals surface area contributed by atoms with E-state index in [1.165, 1.54) is 0 Å². The predicted octanol–water partition coefficient (Wildman–Crippen LogP) is 3.87. The van der Waals surface area contributed by atoms with Crippen molar-refractivity contribution >= 4 is 0 Å². The number of rotatable bonds is 4. The number of hydrogen-bond acceptors (Lipinski definition) is 3. The smallest absolute Gasteiger partial charge is 0.0991 e. The molecule has 0 saturated carbocycles. The first-order chi connectivity index (χ1) is 12.7. The number of nitrogens with zero attached hydrogens (tertiary/aromatic N) is 5. The molecule has 5 heteroatoms. The second-order valence-electron chi connectivity index (χ2n) is 6.19. The molecule has 0 radical (unpaired) electrons. The molecule has 0 aliphatic rings. The summed E-state index contributed by atoms with van der Waals surface area (Å²) in [6.45, 7) is 0.637. The summed E-state index contributed by atoms with van der Waals surface area (Å²) < 4.78 is 3.69. The zero-order valence-corrected chi connectivity index (χ0v) is 14.4. The highest BCUT2D eigenvalue weighted by Crippen LogP contribution is 2.25. The number of aryl methyl sites for hydroxylation is 1. The van der Waals surface area contributed by atoms with Crippen LogP contribution in [-0.4, -0.2) is 19.6 Å². The van der Waals surface area contributed by atoms with E-state index in [0.717, 1.165) is 27.9 Å². The Bertz CT molecular complexity index is 1100. The molecule has 0 N–H and O–H groups in total. The van der Waals surface area contributed by atoms with Crippen LogP contribution in [0.1, 0.15) is 11.1 Å². The normalized spacial score (nSPS) is 10.6. The van der Waals surface area contributed by atoms with Crippen LogP contribution < -0.4 is 0 Å². The number of benzene rings is 2. The Morgan fingerprint density at radius 2 is 1.85 bits per heavy atom. The summed E-state index contributed by atoms with van der Waals surface area (Å²) in [5.41, 5.74) is 5.92. The van der Waals surface area contributed by atoms with Crippen LogP contribution >= 0.6 is 0 Å². The summed E-state index contributed by atoms with van der Waals surface area (Å²) in [6, 6.07) is 20.1. The van der Waals surface area contributed by atoms with E-state index in [0.29, 0.717) is 12.1 Å². The van der Waals surface area contributed by atoms with E-state index < -0.39 is 0 Å². The van der Waals surface area contributed by atoms with Crippen molar-refractivity contribution in [3.63, 3.8) is 0 Å². The molecule has 0 amide bonds. The van der Waals surface area contributed by atoms with Gasteiger partial charge in [-0.25, -0.2) is 0 Å². The van der Waals surface area contributed by atoms with Gasteiger partial charge in [0.15, 0.2) is 0 Å². The highest BCUT2D eigenvalue weighted by Gasteiger charge is 2.06. The molecule has 0 fully saturated rings. The van der Waals surface area contributed by atoms with Crippen molar-refractivity contribution in [3.05, 3.63) is 84.3 Å². The van der Waals surface area contributed by atoms with Crippen molar-refractivity contribution in [1.82, 2.24) is 19.6 Å². The van der Waals surface area contributed by atoms with Crippen molar-refractivity contribution in [1.29, 1.82) is 5.26 Å². The maximum absolute atomic E-state index is 9.02. The second-order valence-corrected chi connectivity index (χ2v) is 6.19. The molecule has 0 spiro atoms. The van der Waals surface area contributed by atoms with Crippen molar-refractivity contribution in [3.8, 4) is 28.5 Å². The van der Waals surface area contributed by atoms with Crippen LogP contribution in [0.15, 0.2) is 73.2 Å². The molecule has 2 aromatic heterocycles. The first-order valence-corrected chi connectivity index (χ1v) is 8.33. The molecule has 0 atom stereocenters. The quantitative estimate of drug-likeness (QED) is 0.567. The van der Waals surface area contributed by atoms with E-state index in [9.17, 15) is 0 Å². The fourth-order valence-electron chi connectivity index (χ4n) is 2.96. The van der Waals surface area contributed by atoms with Crippen molar-refractivity contribution in [2.75, 3.05) is 0 Å². The van der Waals surface area contributed by atoms with Gasteiger partial charge in [-0.1, -0.05) is 30.3 Å². The lowest BCUT2D eigenvalue weighted by Crippen LogP contribution is -2.00. The molecule has 2 aromatic carbocycles. The van der Waals surface area contributed by atoms with Gasteiger partial charge in [0.05, 0.1) is 30.1 Å². The standard InChI is InChI=1S/C21H17N5/c1-25-15-20(13-23-25)18-6-3-7-19(11-18)21-8-9-26(24-21)14-17-5-2-4-16(10-17)12-22/h2-11,13,15H,14H2,1H3. The third-order valence-corrected chi connectivity index (χ3v) is 4.24. The molecule has 0 unspecified atom stereocenters. The number of aromatic nitrogens is 4. The fraction of sp³-hybridized carbons (Fsp3) is 0.0952. The Hall–Kier alpha value is -3.65. The minimum atomic E-state index is 0.637. The van der Waals surface area contributed by atoms with Crippen molar-refractivity contribution in [2.24, 2.45) is 7.05 Å². The van der Waals surface area contributed by atoms with E-state index in [4.69, 9.17) is 5.26 Å². The van der Waals surface area contributed by atoms with Crippen molar-refractivity contribution < 1.29 is 0 Å². The lowest BCUT2D eigenvalue weighted by molar-refractivity contribution is 0.689. The van der Waals surface area contributed by atoms with Crippen LogP contribution in [0.3, 0.4) is 0 Å². The first-order valence-electron chi connectivity index (χ1n) is 8.33. The van der Waals surface area contributed by atoms with Crippen LogP contribution in [0.25, 0.3) is 22.4 Å². The molecule has 4 aromatic rings. The predicted molar refractivity (Wildman–Crippen MR) is 100 cm³/mol. The molecular formula is C21H17N5. The Morgan fingerprint density at radius 1 is 1.00 bits per heavy atom. The summed E-state index contributed by atoms with van der Waals surface area (Å²) in [4.78, 5) is 0. The minimum absolute atomic E-state index is 0.637. The van der Waals surface area contributed by atoms with Crippen molar-refractivity contribution in [2.45, 2.75) is 6.54 Å². The van der Waals surface area contributed by atoms with Gasteiger partial charge in [-0.15, -0.1) is 0 Å². The molecule has 4 rings (SSSR count). The van der Waals surface area contributed by atoms with E-state index in [-0.39, 0.29) is 0 Å². The third-order valence-electron chi connectivity index (χ3n) is 4.24. The monoisotopic (exact) mass is 339 g/mol. The zero-order valence-electron chi connectivity index (χ0n) is 14.4. The lowest BCUT2D eigenvalue weighted by atomic mass is 10.0. The molecule has 5 nitrogen and oxygen atoms in total. The molecule has 2 heterocycles. The lowest BCUT2D eigenvalue weighted by Gasteiger charge is -2.03. The number of hydrogen-bond donors (Lipinski definition) is 0. The molecule has 126 valence electrons. The average molecular weight is 339 g/mol. The highest BCUT2D eigenvalue weighted by atomic mass is 15.3. The topological polar surface area (TPSA) is 59.4 Å². The zero-order chi connectivity index (χ0) is 17.9. The summed E-state index contributed by atoms with van der Waals surface area (Å²) in [5, 5.41) is 17.9. The maximum Gasteiger partial charge on any atom is 0.0991 e. The van der Waals surface area contributed by atoms with Gasteiger partial charge in [-0.3, -0.25) is 9.36 Å². The van der Waals surface area contributed by atoms with Gasteiger partial charge in [0, 0.05) is 30.6 Å². The largest absolute Gasteiger partial charge is 0.275 e. The maximum atomic E-state index is 9.02. The molecule has 0 aliphatic carbocycles. The highest BCUT2D eigenvalue weighted by molar-refractivity contribution is 5.70. The van der Waals surface area contributed by atoms with Crippen LogP contribution in [0.5, 0.6) is 0 Å². The SMILES string of the molecule is Cn1cc(-c2cccc(-c3ccn(Cc4cccc(C#N)c4)n3)c2)cn1. The Labute approximate surface area is 151 Å². The second kappa shape index (κ2) is 6.69. The van der Waals surface area contributed by atoms with E-state index in [1.807, 2.05) is 66.7 Å². The number of nitriles is 1. The average Bonchev–Trinajstić information content (AvgIpc) is 3.31. The molecular weight excluding hydrogens is 322 g/mol. The summed E-state index contributed by atoms with van der Waals surface area (Å²) in [7, 11) is 1.91. The Morgan fingerprint density at radius 3 is 2.65 bits per heavy atom. The van der Waals surface area contributed by atoms with Crippen LogP contribution in [0.4, 0.5) is 0 Å². The van der Waals surface area contributed by atoms with Gasteiger partial charge in [0.2, 0.25) is 0 Å². The van der Waals surface area contributed by atoms with Gasteiger partial charge in [-0.2, -0.15) is 15.5 Å². The van der Waals surface area contributed by atoms with Gasteiger partial charge >= 0.3 is 0 Å². The van der Waals surface area contributed by atoms with Gasteiger partial charge in [-0.05, 0) is 35.4 Å². The minimum Gasteiger partial charge on any atom is -0.275 e. The van der Waals surface area contributed by atoms with E-state index in [1.54, 1.807) is 4.68 Å². The first kappa shape index (κ1) is 15.9. The molecule has 0 bridgehead atoms. The van der Waals surface area contributed by atoms with Crippen LogP contribution in [0.2, 0.25) is 0 Å². The van der Waals surface area contributed by atoms with Gasteiger partial charge in [0.25, 0.3) is 0 Å². The van der Waals surface area contributed by atoms with Crippen LogP contribution in [-0.2, 0) is 13.6 Å².